The molecule has 4 rings (SSSR count). The van der Waals surface area contributed by atoms with Gasteiger partial charge < -0.3 is 4.74 Å². The molecule has 0 unspecified atom stereocenters. The lowest BCUT2D eigenvalue weighted by Crippen LogP contribution is -2.00. The number of aromatic nitrogens is 3. The molecule has 25 heavy (non-hydrogen) atoms. The summed E-state index contributed by atoms with van der Waals surface area (Å²) in [7, 11) is 0. The minimum Gasteiger partial charge on any atom is -0.493 e. The van der Waals surface area contributed by atoms with E-state index < -0.39 is 0 Å². The zero-order valence-electron chi connectivity index (χ0n) is 14.0. The molecule has 0 radical (unpaired) electrons. The van der Waals surface area contributed by atoms with Crippen LogP contribution in [-0.4, -0.2) is 27.3 Å². The zero-order valence-corrected chi connectivity index (χ0v) is 15.7. The molecule has 0 atom stereocenters. The van der Waals surface area contributed by atoms with Gasteiger partial charge in [0, 0.05) is 16.8 Å². The van der Waals surface area contributed by atoms with E-state index in [4.69, 9.17) is 4.74 Å². The van der Waals surface area contributed by atoms with Gasteiger partial charge in [-0.05, 0) is 37.6 Å². The number of nitrogens with zero attached hydrogens (tertiary/aromatic N) is 3. The zero-order chi connectivity index (χ0) is 17.2. The van der Waals surface area contributed by atoms with Gasteiger partial charge in [0.15, 0.2) is 0 Å². The first-order valence-electron chi connectivity index (χ1n) is 8.04. The van der Waals surface area contributed by atoms with E-state index in [-0.39, 0.29) is 0 Å². The summed E-state index contributed by atoms with van der Waals surface area (Å²) in [4.78, 5) is 14.7. The molecule has 0 N–H and O–H groups in total. The Bertz CT molecular complexity index is 1030. The number of thioether (sulfide) groups is 1. The summed E-state index contributed by atoms with van der Waals surface area (Å²) >= 11 is 3.37. The maximum atomic E-state index is 5.76. The van der Waals surface area contributed by atoms with Crippen molar-refractivity contribution in [3.05, 3.63) is 54.0 Å². The Balaban J connectivity index is 1.57. The average Bonchev–Trinajstić information content (AvgIpc) is 2.98. The van der Waals surface area contributed by atoms with Crippen LogP contribution in [0.4, 0.5) is 0 Å². The van der Waals surface area contributed by atoms with Gasteiger partial charge in [0.25, 0.3) is 0 Å². The monoisotopic (exact) mass is 367 g/mol. The molecule has 0 saturated carbocycles. The third-order valence-electron chi connectivity index (χ3n) is 3.85. The summed E-state index contributed by atoms with van der Waals surface area (Å²) in [6.07, 6.45) is 1.65. The number of ether oxygens (including phenoxy) is 1. The van der Waals surface area contributed by atoms with Gasteiger partial charge in [0.1, 0.15) is 21.9 Å². The van der Waals surface area contributed by atoms with Crippen molar-refractivity contribution in [1.29, 1.82) is 0 Å². The van der Waals surface area contributed by atoms with Crippen LogP contribution in [0.5, 0.6) is 5.75 Å². The van der Waals surface area contributed by atoms with Crippen molar-refractivity contribution in [2.45, 2.75) is 18.9 Å². The SMILES string of the molecule is Cc1cc(C)c2c(n1)sc1c(SCCOc3ccccc3)ncnc12. The van der Waals surface area contributed by atoms with E-state index in [0.717, 1.165) is 42.7 Å². The fourth-order valence-electron chi connectivity index (χ4n) is 2.81. The van der Waals surface area contributed by atoms with E-state index in [1.807, 2.05) is 37.3 Å². The Morgan fingerprint density at radius 3 is 2.80 bits per heavy atom. The number of hydrogen-bond donors (Lipinski definition) is 0. The Hall–Kier alpha value is -2.18. The number of fused-ring (bicyclic) bond motifs is 3. The van der Waals surface area contributed by atoms with Crippen molar-refractivity contribution in [3.63, 3.8) is 0 Å². The Morgan fingerprint density at radius 2 is 1.96 bits per heavy atom. The van der Waals surface area contributed by atoms with E-state index in [0.29, 0.717) is 6.61 Å². The summed E-state index contributed by atoms with van der Waals surface area (Å²) in [5.41, 5.74) is 3.26. The van der Waals surface area contributed by atoms with Crippen molar-refractivity contribution < 1.29 is 4.74 Å². The van der Waals surface area contributed by atoms with Gasteiger partial charge in [0.2, 0.25) is 0 Å². The summed E-state index contributed by atoms with van der Waals surface area (Å²) < 4.78 is 6.87. The molecule has 0 spiro atoms. The third-order valence-corrected chi connectivity index (χ3v) is 6.01. The lowest BCUT2D eigenvalue weighted by molar-refractivity contribution is 0.344. The highest BCUT2D eigenvalue weighted by Crippen LogP contribution is 2.37. The van der Waals surface area contributed by atoms with Crippen molar-refractivity contribution in [1.82, 2.24) is 15.0 Å². The number of rotatable bonds is 5. The van der Waals surface area contributed by atoms with Gasteiger partial charge in [0.05, 0.1) is 16.8 Å². The topological polar surface area (TPSA) is 47.9 Å². The standard InChI is InChI=1S/C19H17N3OS2/c1-12-10-13(2)22-18-15(12)16-17(25-18)19(21-11-20-16)24-9-8-23-14-6-4-3-5-7-14/h3-7,10-11H,8-9H2,1-2H3. The molecule has 3 heterocycles. The van der Waals surface area contributed by atoms with Crippen LogP contribution >= 0.6 is 23.1 Å². The molecule has 0 aliphatic rings. The van der Waals surface area contributed by atoms with Crippen LogP contribution in [0.1, 0.15) is 11.3 Å². The number of hydrogen-bond acceptors (Lipinski definition) is 6. The van der Waals surface area contributed by atoms with Crippen molar-refractivity contribution in [2.75, 3.05) is 12.4 Å². The van der Waals surface area contributed by atoms with Crippen LogP contribution in [0, 0.1) is 13.8 Å². The molecule has 6 heteroatoms. The quantitative estimate of drug-likeness (QED) is 0.281. The predicted molar refractivity (Wildman–Crippen MR) is 105 cm³/mol. The smallest absolute Gasteiger partial charge is 0.126 e. The largest absolute Gasteiger partial charge is 0.493 e. The number of thiophene rings is 1. The highest BCUT2D eigenvalue weighted by atomic mass is 32.2. The lowest BCUT2D eigenvalue weighted by Gasteiger charge is -2.05. The molecule has 0 fully saturated rings. The predicted octanol–water partition coefficient (Wildman–Crippen LogP) is 5.03. The minimum atomic E-state index is 0.640. The van der Waals surface area contributed by atoms with Gasteiger partial charge in [-0.3, -0.25) is 0 Å². The molecule has 0 saturated heterocycles. The molecule has 0 amide bonds. The maximum Gasteiger partial charge on any atom is 0.126 e. The first-order valence-corrected chi connectivity index (χ1v) is 9.84. The number of para-hydroxylation sites is 1. The second-order valence-electron chi connectivity index (χ2n) is 5.73. The van der Waals surface area contributed by atoms with E-state index >= 15 is 0 Å². The van der Waals surface area contributed by atoms with E-state index in [9.17, 15) is 0 Å². The van der Waals surface area contributed by atoms with Gasteiger partial charge in [-0.2, -0.15) is 0 Å². The highest BCUT2D eigenvalue weighted by Gasteiger charge is 2.14. The average molecular weight is 367 g/mol. The van der Waals surface area contributed by atoms with Gasteiger partial charge in [-0.25, -0.2) is 15.0 Å². The summed E-state index contributed by atoms with van der Waals surface area (Å²) in [5, 5.41) is 2.15. The number of pyridine rings is 1. The number of aryl methyl sites for hydroxylation is 2. The van der Waals surface area contributed by atoms with Crippen LogP contribution in [0.25, 0.3) is 20.4 Å². The van der Waals surface area contributed by atoms with E-state index in [1.54, 1.807) is 29.4 Å². The molecule has 4 aromatic rings. The third kappa shape index (κ3) is 3.32. The maximum absolute atomic E-state index is 5.76. The molecule has 1 aromatic carbocycles. The Labute approximate surface area is 154 Å². The second-order valence-corrected chi connectivity index (χ2v) is 7.81. The van der Waals surface area contributed by atoms with Crippen LogP contribution < -0.4 is 4.74 Å². The van der Waals surface area contributed by atoms with E-state index in [2.05, 4.69) is 27.9 Å². The molecular weight excluding hydrogens is 350 g/mol. The Kier molecular flexibility index (Phi) is 4.55. The van der Waals surface area contributed by atoms with Gasteiger partial charge >= 0.3 is 0 Å². The van der Waals surface area contributed by atoms with Crippen molar-refractivity contribution in [3.8, 4) is 5.75 Å². The van der Waals surface area contributed by atoms with Crippen molar-refractivity contribution >= 4 is 43.5 Å². The van der Waals surface area contributed by atoms with Crippen LogP contribution in [0.15, 0.2) is 47.8 Å². The van der Waals surface area contributed by atoms with Crippen molar-refractivity contribution in [2.24, 2.45) is 0 Å². The van der Waals surface area contributed by atoms with Gasteiger partial charge in [-0.15, -0.1) is 23.1 Å². The first-order chi connectivity index (χ1) is 12.2. The second kappa shape index (κ2) is 6.98. The minimum absolute atomic E-state index is 0.640. The molecule has 126 valence electrons. The first kappa shape index (κ1) is 16.3. The fraction of sp³-hybridized carbons (Fsp3) is 0.211. The summed E-state index contributed by atoms with van der Waals surface area (Å²) in [5.74, 6) is 1.73. The Morgan fingerprint density at radius 1 is 1.12 bits per heavy atom. The van der Waals surface area contributed by atoms with Gasteiger partial charge in [-0.1, -0.05) is 18.2 Å². The molecule has 4 nitrogen and oxygen atoms in total. The molecular formula is C19H17N3OS2. The molecule has 0 aliphatic heterocycles. The van der Waals surface area contributed by atoms with Crippen LogP contribution in [0.3, 0.4) is 0 Å². The summed E-state index contributed by atoms with van der Waals surface area (Å²) in [6, 6.07) is 12.0. The molecule has 0 bridgehead atoms. The summed E-state index contributed by atoms with van der Waals surface area (Å²) in [6.45, 7) is 4.78. The van der Waals surface area contributed by atoms with Crippen LogP contribution in [-0.2, 0) is 0 Å². The van der Waals surface area contributed by atoms with Crippen LogP contribution in [0.2, 0.25) is 0 Å². The van der Waals surface area contributed by atoms with E-state index in [1.165, 1.54) is 5.56 Å². The normalized spacial score (nSPS) is 11.3. The highest BCUT2D eigenvalue weighted by molar-refractivity contribution is 7.99. The molecule has 0 aliphatic carbocycles. The lowest BCUT2D eigenvalue weighted by atomic mass is 10.1. The fourth-order valence-corrected chi connectivity index (χ4v) is 4.95. The number of benzene rings is 1. The molecule has 3 aromatic heterocycles.